The highest BCUT2D eigenvalue weighted by Crippen LogP contribution is 2.38. The first-order valence-corrected chi connectivity index (χ1v) is 13.9. The highest BCUT2D eigenvalue weighted by molar-refractivity contribution is 7.90. The second-order valence-electron chi connectivity index (χ2n) is 9.21. The van der Waals surface area contributed by atoms with Crippen LogP contribution in [-0.4, -0.2) is 67.3 Å². The molecule has 11 heteroatoms. The number of nitrogens with one attached hydrogen (secondary N) is 2. The van der Waals surface area contributed by atoms with E-state index in [0.717, 1.165) is 12.8 Å². The molecule has 190 valence electrons. The van der Waals surface area contributed by atoms with Crippen LogP contribution in [0.2, 0.25) is 0 Å². The number of hydrogen-bond acceptors (Lipinski definition) is 9. The Labute approximate surface area is 205 Å². The van der Waals surface area contributed by atoms with Crippen molar-refractivity contribution in [1.29, 1.82) is 0 Å². The van der Waals surface area contributed by atoms with Crippen LogP contribution < -0.4 is 10.6 Å². The molecule has 1 aromatic carbocycles. The van der Waals surface area contributed by atoms with E-state index in [4.69, 9.17) is 9.26 Å². The number of nitrogens with zero attached hydrogens (tertiary/aromatic N) is 2. The van der Waals surface area contributed by atoms with Gasteiger partial charge in [-0.05, 0) is 37.7 Å². The first kappa shape index (κ1) is 25.5. The molecular formula is C24H32N4O6S. The molecule has 2 aromatic rings. The predicted molar refractivity (Wildman–Crippen MR) is 128 cm³/mol. The summed E-state index contributed by atoms with van der Waals surface area (Å²) in [5.74, 6) is -0.965. The highest BCUT2D eigenvalue weighted by atomic mass is 32.2. The quantitative estimate of drug-likeness (QED) is 0.414. The summed E-state index contributed by atoms with van der Waals surface area (Å²) in [5, 5.41) is 9.79. The molecule has 10 nitrogen and oxygen atoms in total. The fraction of sp³-hybridized carbons (Fsp3) is 0.583. The molecule has 1 saturated carbocycles. The molecule has 2 fully saturated rings. The summed E-state index contributed by atoms with van der Waals surface area (Å²) in [4.78, 5) is 30.4. The minimum atomic E-state index is -3.62. The Morgan fingerprint density at radius 2 is 1.80 bits per heavy atom. The van der Waals surface area contributed by atoms with Crippen molar-refractivity contribution in [2.45, 2.75) is 68.8 Å². The molecule has 35 heavy (non-hydrogen) atoms. The summed E-state index contributed by atoms with van der Waals surface area (Å²) < 4.78 is 36.5. The van der Waals surface area contributed by atoms with Crippen molar-refractivity contribution in [1.82, 2.24) is 20.8 Å². The zero-order valence-electron chi connectivity index (χ0n) is 19.8. The molecule has 0 bridgehead atoms. The molecule has 4 rings (SSSR count). The van der Waals surface area contributed by atoms with Crippen molar-refractivity contribution in [3.63, 3.8) is 0 Å². The molecule has 1 unspecified atom stereocenters. The number of ketones is 1. The van der Waals surface area contributed by atoms with Crippen molar-refractivity contribution in [2.75, 3.05) is 19.0 Å². The van der Waals surface area contributed by atoms with E-state index < -0.39 is 33.6 Å². The van der Waals surface area contributed by atoms with Crippen LogP contribution in [-0.2, 0) is 25.1 Å². The predicted octanol–water partition coefficient (Wildman–Crippen LogP) is 1.78. The Balaban J connectivity index is 1.46. The van der Waals surface area contributed by atoms with E-state index in [1.165, 1.54) is 0 Å². The summed E-state index contributed by atoms with van der Waals surface area (Å²) in [6.07, 6.45) is 3.58. The number of carbonyl (C=O) groups is 2. The lowest BCUT2D eigenvalue weighted by atomic mass is 10.1. The molecule has 2 aliphatic rings. The summed E-state index contributed by atoms with van der Waals surface area (Å²) in [6, 6.07) is 6.88. The van der Waals surface area contributed by atoms with Gasteiger partial charge in [0.1, 0.15) is 6.04 Å². The number of benzene rings is 1. The van der Waals surface area contributed by atoms with Crippen LogP contribution in [0.15, 0.2) is 34.9 Å². The van der Waals surface area contributed by atoms with E-state index in [9.17, 15) is 18.0 Å². The maximum absolute atomic E-state index is 13.3. The Kier molecular flexibility index (Phi) is 8.30. The van der Waals surface area contributed by atoms with Crippen molar-refractivity contribution in [3.05, 3.63) is 47.6 Å². The van der Waals surface area contributed by atoms with Crippen LogP contribution in [0.25, 0.3) is 0 Å². The normalized spacial score (nSPS) is 18.7. The van der Waals surface area contributed by atoms with E-state index in [0.29, 0.717) is 43.9 Å². The topological polar surface area (TPSA) is 140 Å². The van der Waals surface area contributed by atoms with Gasteiger partial charge in [0.05, 0.1) is 17.5 Å². The second kappa shape index (κ2) is 11.4. The molecule has 2 heterocycles. The summed E-state index contributed by atoms with van der Waals surface area (Å²) in [5.41, 5.74) is 0.655. The zero-order chi connectivity index (χ0) is 24.8. The van der Waals surface area contributed by atoms with Crippen molar-refractivity contribution < 1.29 is 27.3 Å². The molecule has 2 atom stereocenters. The molecule has 1 aromatic heterocycles. The molecule has 0 radical (unpaired) electrons. The van der Waals surface area contributed by atoms with Crippen LogP contribution in [0.5, 0.6) is 0 Å². The van der Waals surface area contributed by atoms with Gasteiger partial charge >= 0.3 is 0 Å². The molecule has 1 amide bonds. The maximum Gasteiger partial charge on any atom is 0.296 e. The van der Waals surface area contributed by atoms with Crippen LogP contribution in [0, 0.1) is 0 Å². The highest BCUT2D eigenvalue weighted by Gasteiger charge is 2.34. The molecular weight excluding hydrogens is 472 g/mol. The molecule has 1 saturated heterocycles. The first-order valence-electron chi connectivity index (χ1n) is 12.1. The number of carbonyl (C=O) groups excluding carboxylic acids is 2. The van der Waals surface area contributed by atoms with Crippen molar-refractivity contribution >= 4 is 21.5 Å². The summed E-state index contributed by atoms with van der Waals surface area (Å²) in [7, 11) is -3.62. The van der Waals surface area contributed by atoms with Gasteiger partial charge < -0.3 is 19.9 Å². The second-order valence-corrected chi connectivity index (χ2v) is 11.3. The van der Waals surface area contributed by atoms with Gasteiger partial charge in [-0.2, -0.15) is 4.98 Å². The lowest BCUT2D eigenvalue weighted by molar-refractivity contribution is -0.123. The van der Waals surface area contributed by atoms with Crippen molar-refractivity contribution in [3.8, 4) is 0 Å². The Bertz CT molecular complexity index is 1110. The van der Waals surface area contributed by atoms with Gasteiger partial charge in [-0.3, -0.25) is 9.59 Å². The maximum atomic E-state index is 13.3. The Hall–Kier alpha value is -2.63. The van der Waals surface area contributed by atoms with Gasteiger partial charge in [0.2, 0.25) is 11.7 Å². The van der Waals surface area contributed by atoms with Gasteiger partial charge in [0.25, 0.3) is 5.89 Å². The average Bonchev–Trinajstić information content (AvgIpc) is 3.58. The number of ether oxygens (including phenoxy) is 1. The monoisotopic (exact) mass is 504 g/mol. The van der Waals surface area contributed by atoms with Crippen LogP contribution in [0.1, 0.15) is 67.0 Å². The fourth-order valence-electron chi connectivity index (χ4n) is 4.11. The summed E-state index contributed by atoms with van der Waals surface area (Å²) in [6.45, 7) is 2.84. The SMILES string of the molecule is CCC(NC(=O)[C@H](CS(=O)(=O)Cc1ccccc1)NC1CCOCC1)C(=O)c1nc(C2CC2)no1. The van der Waals surface area contributed by atoms with Gasteiger partial charge in [-0.15, -0.1) is 0 Å². The van der Waals surface area contributed by atoms with E-state index in [1.54, 1.807) is 31.2 Å². The lowest BCUT2D eigenvalue weighted by Crippen LogP contribution is -2.55. The average molecular weight is 505 g/mol. The smallest absolute Gasteiger partial charge is 0.296 e. The van der Waals surface area contributed by atoms with Crippen LogP contribution in [0.3, 0.4) is 0 Å². The number of Topliss-reactive ketones (excluding diaryl/α,β-unsaturated/α-hetero) is 1. The number of aromatic nitrogens is 2. The number of rotatable bonds is 12. The molecule has 0 spiro atoms. The van der Waals surface area contributed by atoms with E-state index in [1.807, 2.05) is 6.07 Å². The van der Waals surface area contributed by atoms with E-state index >= 15 is 0 Å². The third-order valence-corrected chi connectivity index (χ3v) is 7.88. The molecule has 1 aliphatic heterocycles. The lowest BCUT2D eigenvalue weighted by Gasteiger charge is -2.29. The first-order chi connectivity index (χ1) is 16.8. The summed E-state index contributed by atoms with van der Waals surface area (Å²) >= 11 is 0. The van der Waals surface area contributed by atoms with Crippen LogP contribution in [0.4, 0.5) is 0 Å². The van der Waals surface area contributed by atoms with Crippen molar-refractivity contribution in [2.24, 2.45) is 0 Å². The van der Waals surface area contributed by atoms with E-state index in [2.05, 4.69) is 20.8 Å². The minimum Gasteiger partial charge on any atom is -0.381 e. The zero-order valence-corrected chi connectivity index (χ0v) is 20.6. The van der Waals surface area contributed by atoms with E-state index in [-0.39, 0.29) is 29.4 Å². The number of sulfone groups is 1. The van der Waals surface area contributed by atoms with Crippen LogP contribution >= 0.6 is 0 Å². The Morgan fingerprint density at radius 3 is 2.46 bits per heavy atom. The van der Waals surface area contributed by atoms with Gasteiger partial charge in [0, 0.05) is 25.2 Å². The molecule has 1 aliphatic carbocycles. The number of amides is 1. The van der Waals surface area contributed by atoms with Gasteiger partial charge in [-0.1, -0.05) is 42.4 Å². The fourth-order valence-corrected chi connectivity index (χ4v) is 5.68. The standard InChI is InChI=1S/C24H32N4O6S/c1-2-19(21(29)24-27-22(28-34-24)17-8-9-17)26-23(30)20(25-18-10-12-33-13-11-18)15-35(31,32)14-16-6-4-3-5-7-16/h3-7,17-20,25H,2,8-15H2,1H3,(H,26,30)/t19?,20-/m0/s1. The molecule has 2 N–H and O–H groups in total. The third-order valence-electron chi connectivity index (χ3n) is 6.26. The van der Waals surface area contributed by atoms with Gasteiger partial charge in [-0.25, -0.2) is 8.42 Å². The van der Waals surface area contributed by atoms with Gasteiger partial charge in [0.15, 0.2) is 15.7 Å². The largest absolute Gasteiger partial charge is 0.381 e. The third kappa shape index (κ3) is 7.18. The Morgan fingerprint density at radius 1 is 1.09 bits per heavy atom. The minimum absolute atomic E-state index is 0.0563. The number of hydrogen-bond donors (Lipinski definition) is 2.